The van der Waals surface area contributed by atoms with Crippen LogP contribution in [0.2, 0.25) is 0 Å². The highest BCUT2D eigenvalue weighted by molar-refractivity contribution is 7.16. The molecule has 6 nitrogen and oxygen atoms in total. The molecule has 2 saturated heterocycles. The van der Waals surface area contributed by atoms with Gasteiger partial charge in [-0.05, 0) is 45.3 Å². The number of likely N-dealkylation sites (tertiary alicyclic amines) is 2. The quantitative estimate of drug-likeness (QED) is 0.856. The molecular formula is C17H21N5OS. The monoisotopic (exact) mass is 343 g/mol. The van der Waals surface area contributed by atoms with Crippen LogP contribution in [-0.4, -0.2) is 62.9 Å². The second-order valence-electron chi connectivity index (χ2n) is 6.50. The Balaban J connectivity index is 1.54. The number of hydrogen-bond donors (Lipinski definition) is 0. The van der Waals surface area contributed by atoms with Crippen LogP contribution >= 0.6 is 11.3 Å². The number of rotatable bonds is 3. The predicted molar refractivity (Wildman–Crippen MR) is 92.9 cm³/mol. The van der Waals surface area contributed by atoms with Gasteiger partial charge in [-0.25, -0.2) is 15.0 Å². The summed E-state index contributed by atoms with van der Waals surface area (Å²) in [7, 11) is 2.18. The molecule has 0 aromatic carbocycles. The van der Waals surface area contributed by atoms with E-state index in [4.69, 9.17) is 0 Å². The molecule has 2 aliphatic rings. The first-order valence-electron chi connectivity index (χ1n) is 8.48. The summed E-state index contributed by atoms with van der Waals surface area (Å²) >= 11 is 1.39. The van der Waals surface area contributed by atoms with E-state index in [2.05, 4.69) is 31.8 Å². The fraction of sp³-hybridized carbons (Fsp3) is 0.529. The van der Waals surface area contributed by atoms with Gasteiger partial charge in [0, 0.05) is 31.0 Å². The number of likely N-dealkylation sites (N-methyl/N-ethyl adjacent to an activating group) is 1. The number of carbonyl (C=O) groups excluding carboxylic acids is 1. The minimum atomic E-state index is 0.109. The van der Waals surface area contributed by atoms with E-state index in [9.17, 15) is 4.79 Å². The van der Waals surface area contributed by atoms with Gasteiger partial charge in [0.05, 0.1) is 6.20 Å². The van der Waals surface area contributed by atoms with Crippen molar-refractivity contribution < 1.29 is 4.79 Å². The molecule has 0 saturated carbocycles. The number of aromatic nitrogens is 3. The maximum absolute atomic E-state index is 13.0. The Morgan fingerprint density at radius 2 is 1.88 bits per heavy atom. The average molecular weight is 343 g/mol. The first-order chi connectivity index (χ1) is 11.7. The van der Waals surface area contributed by atoms with E-state index in [-0.39, 0.29) is 5.91 Å². The van der Waals surface area contributed by atoms with Gasteiger partial charge in [0.25, 0.3) is 5.91 Å². The first kappa shape index (κ1) is 15.7. The lowest BCUT2D eigenvalue weighted by Gasteiger charge is -2.33. The van der Waals surface area contributed by atoms with E-state index in [0.29, 0.717) is 27.8 Å². The Morgan fingerprint density at radius 3 is 2.62 bits per heavy atom. The highest BCUT2D eigenvalue weighted by Crippen LogP contribution is 2.31. The molecule has 0 radical (unpaired) electrons. The van der Waals surface area contributed by atoms with Gasteiger partial charge in [-0.2, -0.15) is 0 Å². The van der Waals surface area contributed by atoms with Crippen LogP contribution in [0.15, 0.2) is 24.7 Å². The van der Waals surface area contributed by atoms with Gasteiger partial charge in [0.15, 0.2) is 10.8 Å². The molecule has 0 spiro atoms. The maximum Gasteiger partial charge on any atom is 0.265 e. The lowest BCUT2D eigenvalue weighted by Crippen LogP contribution is -2.46. The summed E-state index contributed by atoms with van der Waals surface area (Å²) in [4.78, 5) is 30.9. The number of hydrogen-bond acceptors (Lipinski definition) is 6. The Bertz CT molecular complexity index is 719. The van der Waals surface area contributed by atoms with E-state index in [1.54, 1.807) is 24.7 Å². The number of nitrogens with zero attached hydrogens (tertiary/aromatic N) is 5. The summed E-state index contributed by atoms with van der Waals surface area (Å²) < 4.78 is 0. The van der Waals surface area contributed by atoms with E-state index in [1.807, 2.05) is 0 Å². The van der Waals surface area contributed by atoms with Crippen molar-refractivity contribution in [2.75, 3.05) is 20.1 Å². The van der Waals surface area contributed by atoms with Crippen molar-refractivity contribution in [3.8, 4) is 10.8 Å². The SMILES string of the molecule is CN1CCC[C@H]1[C@H]1CCCN1C(=O)c1cnc(-c2ncccn2)s1. The molecule has 2 aliphatic heterocycles. The summed E-state index contributed by atoms with van der Waals surface area (Å²) in [5.74, 6) is 0.688. The summed E-state index contributed by atoms with van der Waals surface area (Å²) in [6, 6.07) is 2.61. The van der Waals surface area contributed by atoms with Crippen molar-refractivity contribution >= 4 is 17.2 Å². The zero-order chi connectivity index (χ0) is 16.5. The van der Waals surface area contributed by atoms with E-state index in [1.165, 1.54) is 24.2 Å². The molecule has 2 fully saturated rings. The summed E-state index contributed by atoms with van der Waals surface area (Å²) in [6.07, 6.45) is 9.68. The van der Waals surface area contributed by atoms with Crippen molar-refractivity contribution in [3.63, 3.8) is 0 Å². The highest BCUT2D eigenvalue weighted by atomic mass is 32.1. The maximum atomic E-state index is 13.0. The van der Waals surface area contributed by atoms with E-state index < -0.39 is 0 Å². The van der Waals surface area contributed by atoms with Crippen molar-refractivity contribution in [1.29, 1.82) is 0 Å². The van der Waals surface area contributed by atoms with Gasteiger partial charge in [0.2, 0.25) is 0 Å². The van der Waals surface area contributed by atoms with E-state index in [0.717, 1.165) is 25.9 Å². The van der Waals surface area contributed by atoms with Gasteiger partial charge in [-0.3, -0.25) is 4.79 Å². The summed E-state index contributed by atoms with van der Waals surface area (Å²) in [5.41, 5.74) is 0. The minimum Gasteiger partial charge on any atom is -0.333 e. The molecular weight excluding hydrogens is 322 g/mol. The molecule has 2 aromatic rings. The summed E-state index contributed by atoms with van der Waals surface area (Å²) in [6.45, 7) is 1.99. The smallest absolute Gasteiger partial charge is 0.265 e. The summed E-state index contributed by atoms with van der Waals surface area (Å²) in [5, 5.41) is 0.702. The number of amides is 1. The zero-order valence-electron chi connectivity index (χ0n) is 13.8. The van der Waals surface area contributed by atoms with E-state index >= 15 is 0 Å². The Kier molecular flexibility index (Phi) is 4.28. The molecule has 0 bridgehead atoms. The van der Waals surface area contributed by atoms with Gasteiger partial charge in [-0.15, -0.1) is 11.3 Å². The molecule has 126 valence electrons. The first-order valence-corrected chi connectivity index (χ1v) is 9.30. The third kappa shape index (κ3) is 2.82. The van der Waals surface area contributed by atoms with Crippen LogP contribution in [0.25, 0.3) is 10.8 Å². The second kappa shape index (κ2) is 6.57. The fourth-order valence-corrected chi connectivity index (χ4v) is 4.71. The van der Waals surface area contributed by atoms with Crippen LogP contribution in [0, 0.1) is 0 Å². The number of carbonyl (C=O) groups is 1. The second-order valence-corrected chi connectivity index (χ2v) is 7.53. The molecule has 24 heavy (non-hydrogen) atoms. The van der Waals surface area contributed by atoms with Crippen LogP contribution in [-0.2, 0) is 0 Å². The molecule has 4 rings (SSSR count). The van der Waals surface area contributed by atoms with Crippen molar-refractivity contribution in [2.24, 2.45) is 0 Å². The molecule has 0 N–H and O–H groups in total. The molecule has 7 heteroatoms. The van der Waals surface area contributed by atoms with Crippen molar-refractivity contribution in [3.05, 3.63) is 29.5 Å². The minimum absolute atomic E-state index is 0.109. The Morgan fingerprint density at radius 1 is 1.12 bits per heavy atom. The standard InChI is InChI=1S/C17H21N5OS/c1-21-9-2-5-12(21)13-6-3-10-22(13)17(23)14-11-20-16(24-14)15-18-7-4-8-19-15/h4,7-8,11-13H,2-3,5-6,9-10H2,1H3/t12-,13+/m0/s1. The molecule has 4 heterocycles. The molecule has 0 aliphatic carbocycles. The zero-order valence-corrected chi connectivity index (χ0v) is 14.6. The third-order valence-corrected chi connectivity index (χ3v) is 6.04. The Labute approximate surface area is 145 Å². The van der Waals surface area contributed by atoms with Crippen LogP contribution < -0.4 is 0 Å². The molecule has 2 atom stereocenters. The fourth-order valence-electron chi connectivity index (χ4n) is 3.89. The van der Waals surface area contributed by atoms with Crippen molar-refractivity contribution in [1.82, 2.24) is 24.8 Å². The predicted octanol–water partition coefficient (Wildman–Crippen LogP) is 2.30. The third-order valence-electron chi connectivity index (χ3n) is 5.05. The molecule has 0 unspecified atom stereocenters. The van der Waals surface area contributed by atoms with Crippen LogP contribution in [0.1, 0.15) is 35.4 Å². The topological polar surface area (TPSA) is 62.2 Å². The molecule has 1 amide bonds. The van der Waals surface area contributed by atoms with Gasteiger partial charge < -0.3 is 9.80 Å². The van der Waals surface area contributed by atoms with Gasteiger partial charge in [0.1, 0.15) is 4.88 Å². The Hall–Kier alpha value is -1.86. The van der Waals surface area contributed by atoms with Crippen LogP contribution in [0.3, 0.4) is 0 Å². The lowest BCUT2D eigenvalue weighted by atomic mass is 10.0. The largest absolute Gasteiger partial charge is 0.333 e. The van der Waals surface area contributed by atoms with Crippen LogP contribution in [0.4, 0.5) is 0 Å². The van der Waals surface area contributed by atoms with Gasteiger partial charge >= 0.3 is 0 Å². The number of thiazole rings is 1. The lowest BCUT2D eigenvalue weighted by molar-refractivity contribution is 0.0669. The van der Waals surface area contributed by atoms with Crippen molar-refractivity contribution in [2.45, 2.75) is 37.8 Å². The van der Waals surface area contributed by atoms with Gasteiger partial charge in [-0.1, -0.05) is 0 Å². The average Bonchev–Trinajstić information content (AvgIpc) is 3.35. The normalized spacial score (nSPS) is 24.6. The molecule has 2 aromatic heterocycles. The highest BCUT2D eigenvalue weighted by Gasteiger charge is 2.39. The van der Waals surface area contributed by atoms with Crippen LogP contribution in [0.5, 0.6) is 0 Å².